The second-order valence-electron chi connectivity index (χ2n) is 4.20. The molecule has 2 N–H and O–H groups in total. The molecular weight excluding hydrogens is 234 g/mol. The Morgan fingerprint density at radius 1 is 1.53 bits per heavy atom. The van der Waals surface area contributed by atoms with Gasteiger partial charge in [0.1, 0.15) is 10.4 Å². The molecule has 5 heteroatoms. The fourth-order valence-corrected chi connectivity index (χ4v) is 2.56. The van der Waals surface area contributed by atoms with Gasteiger partial charge < -0.3 is 10.6 Å². The fourth-order valence-electron chi connectivity index (χ4n) is 1.50. The lowest BCUT2D eigenvalue weighted by Crippen LogP contribution is -2.32. The van der Waals surface area contributed by atoms with Gasteiger partial charge in [0.05, 0.1) is 10.4 Å². The van der Waals surface area contributed by atoms with Crippen LogP contribution in [-0.2, 0) is 0 Å². The molecule has 0 aliphatic carbocycles. The van der Waals surface area contributed by atoms with Crippen LogP contribution in [0.5, 0.6) is 0 Å². The molecule has 0 radical (unpaired) electrons. The van der Waals surface area contributed by atoms with E-state index in [0.717, 1.165) is 10.2 Å². The van der Waals surface area contributed by atoms with Gasteiger partial charge in [-0.2, -0.15) is 0 Å². The number of fused-ring (bicyclic) bond motifs is 1. The molecular formula is C12H15N3OS. The van der Waals surface area contributed by atoms with Crippen molar-refractivity contribution < 1.29 is 4.79 Å². The summed E-state index contributed by atoms with van der Waals surface area (Å²) in [6.07, 6.45) is 1.69. The van der Waals surface area contributed by atoms with Gasteiger partial charge >= 0.3 is 0 Å². The first-order chi connectivity index (χ1) is 8.02. The normalized spacial score (nSPS) is 11.1. The first kappa shape index (κ1) is 11.9. The lowest BCUT2D eigenvalue weighted by atomic mass is 10.2. The van der Waals surface area contributed by atoms with Crippen molar-refractivity contribution in [1.82, 2.24) is 9.88 Å². The van der Waals surface area contributed by atoms with E-state index < -0.39 is 0 Å². The van der Waals surface area contributed by atoms with Gasteiger partial charge in [0.25, 0.3) is 5.91 Å². The van der Waals surface area contributed by atoms with Gasteiger partial charge in [-0.3, -0.25) is 9.78 Å². The number of nitrogens with zero attached hydrogens (tertiary/aromatic N) is 2. The summed E-state index contributed by atoms with van der Waals surface area (Å²) in [5, 5.41) is 0. The number of nitrogens with two attached hydrogens (primary N) is 1. The molecule has 0 aromatic carbocycles. The zero-order valence-corrected chi connectivity index (χ0v) is 10.9. The van der Waals surface area contributed by atoms with Crippen LogP contribution in [0.3, 0.4) is 0 Å². The molecule has 0 spiro atoms. The van der Waals surface area contributed by atoms with E-state index in [9.17, 15) is 4.79 Å². The summed E-state index contributed by atoms with van der Waals surface area (Å²) in [4.78, 5) is 18.7. The zero-order valence-electron chi connectivity index (χ0n) is 10.1. The minimum Gasteiger partial charge on any atom is -0.396 e. The maximum absolute atomic E-state index is 12.2. The molecule has 2 rings (SSSR count). The molecule has 0 fully saturated rings. The van der Waals surface area contributed by atoms with Crippen molar-refractivity contribution in [3.63, 3.8) is 0 Å². The predicted molar refractivity (Wildman–Crippen MR) is 71.3 cm³/mol. The Morgan fingerprint density at radius 3 is 2.82 bits per heavy atom. The minimum atomic E-state index is -0.0412. The highest BCUT2D eigenvalue weighted by Crippen LogP contribution is 2.32. The second-order valence-corrected chi connectivity index (χ2v) is 5.26. The van der Waals surface area contributed by atoms with Gasteiger partial charge in [0.2, 0.25) is 0 Å². The first-order valence-corrected chi connectivity index (χ1v) is 6.24. The highest BCUT2D eigenvalue weighted by atomic mass is 32.1. The smallest absolute Gasteiger partial charge is 0.266 e. The molecule has 0 aliphatic heterocycles. The van der Waals surface area contributed by atoms with Gasteiger partial charge in [-0.15, -0.1) is 11.3 Å². The number of rotatable bonds is 2. The number of pyridine rings is 1. The number of hydrogen-bond donors (Lipinski definition) is 1. The summed E-state index contributed by atoms with van der Waals surface area (Å²) in [6.45, 7) is 3.94. The summed E-state index contributed by atoms with van der Waals surface area (Å²) < 4.78 is 0.950. The van der Waals surface area contributed by atoms with Crippen LogP contribution in [0, 0.1) is 0 Å². The molecule has 17 heavy (non-hydrogen) atoms. The zero-order chi connectivity index (χ0) is 12.6. The number of amides is 1. The first-order valence-electron chi connectivity index (χ1n) is 5.42. The van der Waals surface area contributed by atoms with Crippen molar-refractivity contribution in [2.24, 2.45) is 0 Å². The molecule has 90 valence electrons. The summed E-state index contributed by atoms with van der Waals surface area (Å²) in [5.74, 6) is -0.0412. The predicted octanol–water partition coefficient (Wildman–Crippen LogP) is 2.36. The van der Waals surface area contributed by atoms with E-state index in [1.54, 1.807) is 18.1 Å². The Morgan fingerprint density at radius 2 is 2.24 bits per heavy atom. The maximum Gasteiger partial charge on any atom is 0.266 e. The van der Waals surface area contributed by atoms with E-state index in [2.05, 4.69) is 4.98 Å². The molecule has 0 bridgehead atoms. The molecule has 0 atom stereocenters. The Labute approximate surface area is 104 Å². The van der Waals surface area contributed by atoms with Crippen molar-refractivity contribution in [2.45, 2.75) is 19.9 Å². The van der Waals surface area contributed by atoms with E-state index >= 15 is 0 Å². The number of hydrogen-bond acceptors (Lipinski definition) is 4. The molecule has 2 aromatic heterocycles. The highest BCUT2D eigenvalue weighted by molar-refractivity contribution is 7.21. The summed E-state index contributed by atoms with van der Waals surface area (Å²) in [6, 6.07) is 3.92. The minimum absolute atomic E-state index is 0.0412. The van der Waals surface area contributed by atoms with Gasteiger partial charge in [-0.1, -0.05) is 0 Å². The Hall–Kier alpha value is -1.62. The molecule has 4 nitrogen and oxygen atoms in total. The summed E-state index contributed by atoms with van der Waals surface area (Å²) >= 11 is 1.40. The van der Waals surface area contributed by atoms with E-state index in [-0.39, 0.29) is 11.9 Å². The van der Waals surface area contributed by atoms with E-state index in [4.69, 9.17) is 5.73 Å². The Bertz CT molecular complexity index is 562. The lowest BCUT2D eigenvalue weighted by molar-refractivity contribution is 0.0761. The summed E-state index contributed by atoms with van der Waals surface area (Å²) in [7, 11) is 1.78. The van der Waals surface area contributed by atoms with Gasteiger partial charge in [-0.05, 0) is 26.0 Å². The average molecular weight is 249 g/mol. The van der Waals surface area contributed by atoms with Crippen molar-refractivity contribution in [2.75, 3.05) is 12.8 Å². The van der Waals surface area contributed by atoms with Gasteiger partial charge in [0, 0.05) is 19.3 Å². The number of carbonyl (C=O) groups is 1. The fraction of sp³-hybridized carbons (Fsp3) is 0.333. The van der Waals surface area contributed by atoms with Crippen molar-refractivity contribution in [3.05, 3.63) is 23.2 Å². The molecule has 0 saturated heterocycles. The molecule has 2 heterocycles. The van der Waals surface area contributed by atoms with E-state index in [0.29, 0.717) is 10.6 Å². The van der Waals surface area contributed by atoms with Gasteiger partial charge in [0.15, 0.2) is 0 Å². The van der Waals surface area contributed by atoms with Crippen molar-refractivity contribution in [1.29, 1.82) is 0 Å². The molecule has 0 aliphatic rings. The van der Waals surface area contributed by atoms with E-state index in [1.165, 1.54) is 11.3 Å². The molecule has 1 amide bonds. The van der Waals surface area contributed by atoms with Crippen LogP contribution in [0.2, 0.25) is 0 Å². The van der Waals surface area contributed by atoms with Crippen LogP contribution >= 0.6 is 11.3 Å². The van der Waals surface area contributed by atoms with E-state index in [1.807, 2.05) is 26.0 Å². The second kappa shape index (κ2) is 4.33. The average Bonchev–Trinajstić information content (AvgIpc) is 2.65. The Balaban J connectivity index is 2.49. The quantitative estimate of drug-likeness (QED) is 0.888. The molecule has 0 unspecified atom stereocenters. The number of thiophene rings is 1. The Kier molecular flexibility index (Phi) is 3.02. The van der Waals surface area contributed by atoms with Gasteiger partial charge in [-0.25, -0.2) is 0 Å². The maximum atomic E-state index is 12.2. The SMILES string of the molecule is CC(C)N(C)C(=O)c1sc2cccnc2c1N. The van der Waals surface area contributed by atoms with Crippen LogP contribution in [0.4, 0.5) is 5.69 Å². The topological polar surface area (TPSA) is 59.2 Å². The van der Waals surface area contributed by atoms with Crippen LogP contribution in [0.15, 0.2) is 18.3 Å². The van der Waals surface area contributed by atoms with Crippen molar-refractivity contribution >= 4 is 33.1 Å². The molecule has 0 saturated carbocycles. The lowest BCUT2D eigenvalue weighted by Gasteiger charge is -2.20. The van der Waals surface area contributed by atoms with Crippen LogP contribution < -0.4 is 5.73 Å². The largest absolute Gasteiger partial charge is 0.396 e. The molecule has 2 aromatic rings. The number of aromatic nitrogens is 1. The third-order valence-corrected chi connectivity index (χ3v) is 3.92. The van der Waals surface area contributed by atoms with Crippen LogP contribution in [0.25, 0.3) is 10.2 Å². The summed E-state index contributed by atoms with van der Waals surface area (Å²) in [5.41, 5.74) is 7.19. The third kappa shape index (κ3) is 1.98. The number of nitrogen functional groups attached to an aromatic ring is 1. The highest BCUT2D eigenvalue weighted by Gasteiger charge is 2.21. The monoisotopic (exact) mass is 249 g/mol. The number of carbonyl (C=O) groups excluding carboxylic acids is 1. The van der Waals surface area contributed by atoms with Crippen molar-refractivity contribution in [3.8, 4) is 0 Å². The van der Waals surface area contributed by atoms with Crippen LogP contribution in [0.1, 0.15) is 23.5 Å². The number of anilines is 1. The standard InChI is InChI=1S/C12H15N3OS/c1-7(2)15(3)12(16)11-9(13)10-8(17-11)5-4-6-14-10/h4-7H,13H2,1-3H3. The third-order valence-electron chi connectivity index (χ3n) is 2.77. The van der Waals surface area contributed by atoms with Crippen LogP contribution in [-0.4, -0.2) is 28.9 Å².